The van der Waals surface area contributed by atoms with Crippen molar-refractivity contribution in [3.8, 4) is 0 Å². The SMILES string of the molecule is CNC1CCC(c2c[nH]c3ccccc23)CC1. The Morgan fingerprint density at radius 2 is 1.88 bits per heavy atom. The molecule has 0 unspecified atom stereocenters. The van der Waals surface area contributed by atoms with Gasteiger partial charge in [0.2, 0.25) is 0 Å². The van der Waals surface area contributed by atoms with E-state index < -0.39 is 0 Å². The van der Waals surface area contributed by atoms with Crippen LogP contribution >= 0.6 is 0 Å². The van der Waals surface area contributed by atoms with Gasteiger partial charge in [-0.2, -0.15) is 0 Å². The Morgan fingerprint density at radius 1 is 1.12 bits per heavy atom. The monoisotopic (exact) mass is 228 g/mol. The Labute approximate surface area is 102 Å². The average molecular weight is 228 g/mol. The zero-order valence-corrected chi connectivity index (χ0v) is 10.4. The van der Waals surface area contributed by atoms with Crippen LogP contribution < -0.4 is 5.32 Å². The van der Waals surface area contributed by atoms with Crippen molar-refractivity contribution in [1.82, 2.24) is 10.3 Å². The highest BCUT2D eigenvalue weighted by molar-refractivity contribution is 5.83. The molecule has 1 fully saturated rings. The first-order valence-corrected chi connectivity index (χ1v) is 6.62. The molecule has 0 amide bonds. The van der Waals surface area contributed by atoms with Crippen LogP contribution in [0.2, 0.25) is 0 Å². The lowest BCUT2D eigenvalue weighted by atomic mass is 9.82. The molecule has 1 heterocycles. The van der Waals surface area contributed by atoms with Gasteiger partial charge in [-0.05, 0) is 50.3 Å². The first-order chi connectivity index (χ1) is 8.38. The van der Waals surface area contributed by atoms with E-state index in [0.29, 0.717) is 0 Å². The smallest absolute Gasteiger partial charge is 0.0456 e. The van der Waals surface area contributed by atoms with Gasteiger partial charge in [0.15, 0.2) is 0 Å². The van der Waals surface area contributed by atoms with Gasteiger partial charge >= 0.3 is 0 Å². The number of benzene rings is 1. The molecule has 0 radical (unpaired) electrons. The summed E-state index contributed by atoms with van der Waals surface area (Å²) in [6.45, 7) is 0. The normalized spacial score (nSPS) is 25.2. The number of rotatable bonds is 2. The average Bonchev–Trinajstić information content (AvgIpc) is 2.83. The van der Waals surface area contributed by atoms with Gasteiger partial charge in [0.05, 0.1) is 0 Å². The maximum Gasteiger partial charge on any atom is 0.0456 e. The minimum absolute atomic E-state index is 0.733. The number of fused-ring (bicyclic) bond motifs is 1. The van der Waals surface area contributed by atoms with Gasteiger partial charge in [-0.15, -0.1) is 0 Å². The molecule has 1 aliphatic rings. The van der Waals surface area contributed by atoms with E-state index in [9.17, 15) is 0 Å². The predicted molar refractivity (Wildman–Crippen MR) is 72.4 cm³/mol. The summed E-state index contributed by atoms with van der Waals surface area (Å²) in [5, 5.41) is 4.82. The lowest BCUT2D eigenvalue weighted by Gasteiger charge is -2.28. The van der Waals surface area contributed by atoms with Crippen molar-refractivity contribution >= 4 is 10.9 Å². The van der Waals surface area contributed by atoms with Gasteiger partial charge in [0.1, 0.15) is 0 Å². The van der Waals surface area contributed by atoms with Gasteiger partial charge in [0.25, 0.3) is 0 Å². The molecule has 2 heteroatoms. The van der Waals surface area contributed by atoms with Crippen LogP contribution in [0.25, 0.3) is 10.9 Å². The fraction of sp³-hybridized carbons (Fsp3) is 0.467. The molecule has 1 saturated carbocycles. The van der Waals surface area contributed by atoms with Crippen molar-refractivity contribution in [3.63, 3.8) is 0 Å². The van der Waals surface area contributed by atoms with Crippen LogP contribution in [0, 0.1) is 0 Å². The lowest BCUT2D eigenvalue weighted by molar-refractivity contribution is 0.360. The summed E-state index contributed by atoms with van der Waals surface area (Å²) in [6.07, 6.45) is 7.46. The first-order valence-electron chi connectivity index (χ1n) is 6.62. The molecule has 0 spiro atoms. The summed E-state index contributed by atoms with van der Waals surface area (Å²) < 4.78 is 0. The molecule has 0 bridgehead atoms. The summed E-state index contributed by atoms with van der Waals surface area (Å²) in [4.78, 5) is 3.40. The minimum atomic E-state index is 0.733. The van der Waals surface area contributed by atoms with E-state index in [1.165, 1.54) is 42.1 Å². The van der Waals surface area contributed by atoms with Crippen LogP contribution in [-0.4, -0.2) is 18.1 Å². The molecule has 0 atom stereocenters. The zero-order valence-electron chi connectivity index (χ0n) is 10.4. The highest BCUT2D eigenvalue weighted by Crippen LogP contribution is 2.36. The lowest BCUT2D eigenvalue weighted by Crippen LogP contribution is -2.29. The van der Waals surface area contributed by atoms with E-state index in [-0.39, 0.29) is 0 Å². The molecule has 2 N–H and O–H groups in total. The van der Waals surface area contributed by atoms with Crippen LogP contribution in [0.4, 0.5) is 0 Å². The molecule has 1 aromatic heterocycles. The largest absolute Gasteiger partial charge is 0.361 e. The molecular formula is C15H20N2. The fourth-order valence-electron chi connectivity index (χ4n) is 3.12. The van der Waals surface area contributed by atoms with Crippen LogP contribution in [0.5, 0.6) is 0 Å². The molecule has 2 nitrogen and oxygen atoms in total. The van der Waals surface area contributed by atoms with Gasteiger partial charge in [-0.1, -0.05) is 18.2 Å². The summed E-state index contributed by atoms with van der Waals surface area (Å²) in [5.74, 6) is 0.746. The van der Waals surface area contributed by atoms with E-state index in [2.05, 4.69) is 47.8 Å². The molecule has 3 rings (SSSR count). The van der Waals surface area contributed by atoms with Crippen molar-refractivity contribution in [2.75, 3.05) is 7.05 Å². The highest BCUT2D eigenvalue weighted by Gasteiger charge is 2.22. The molecule has 0 saturated heterocycles. The summed E-state index contributed by atoms with van der Waals surface area (Å²) in [6, 6.07) is 9.37. The number of para-hydroxylation sites is 1. The number of hydrogen-bond donors (Lipinski definition) is 2. The van der Waals surface area contributed by atoms with Gasteiger partial charge < -0.3 is 10.3 Å². The minimum Gasteiger partial charge on any atom is -0.361 e. The Bertz CT molecular complexity index is 492. The van der Waals surface area contributed by atoms with Crippen molar-refractivity contribution in [2.24, 2.45) is 0 Å². The molecule has 90 valence electrons. The third kappa shape index (κ3) is 1.98. The summed E-state index contributed by atoms with van der Waals surface area (Å²) >= 11 is 0. The second kappa shape index (κ2) is 4.53. The second-order valence-electron chi connectivity index (χ2n) is 5.13. The second-order valence-corrected chi connectivity index (χ2v) is 5.13. The molecule has 0 aliphatic heterocycles. The Hall–Kier alpha value is -1.28. The summed E-state index contributed by atoms with van der Waals surface area (Å²) in [7, 11) is 2.08. The van der Waals surface area contributed by atoms with E-state index >= 15 is 0 Å². The fourth-order valence-corrected chi connectivity index (χ4v) is 3.12. The van der Waals surface area contributed by atoms with Crippen molar-refractivity contribution < 1.29 is 0 Å². The molecule has 2 aromatic rings. The predicted octanol–water partition coefficient (Wildman–Crippen LogP) is 3.41. The van der Waals surface area contributed by atoms with Crippen molar-refractivity contribution in [2.45, 2.75) is 37.6 Å². The number of aromatic nitrogens is 1. The van der Waals surface area contributed by atoms with Gasteiger partial charge in [-0.3, -0.25) is 0 Å². The van der Waals surface area contributed by atoms with Crippen LogP contribution in [0.3, 0.4) is 0 Å². The van der Waals surface area contributed by atoms with Crippen molar-refractivity contribution in [3.05, 3.63) is 36.0 Å². The Morgan fingerprint density at radius 3 is 2.65 bits per heavy atom. The van der Waals surface area contributed by atoms with E-state index in [4.69, 9.17) is 0 Å². The van der Waals surface area contributed by atoms with Crippen LogP contribution in [0.15, 0.2) is 30.5 Å². The Balaban J connectivity index is 1.85. The first kappa shape index (κ1) is 10.8. The summed E-state index contributed by atoms with van der Waals surface area (Å²) in [5.41, 5.74) is 2.80. The van der Waals surface area contributed by atoms with Gasteiger partial charge in [-0.25, -0.2) is 0 Å². The van der Waals surface area contributed by atoms with E-state index in [1.807, 2.05) is 0 Å². The number of aromatic amines is 1. The topological polar surface area (TPSA) is 27.8 Å². The molecular weight excluding hydrogens is 208 g/mol. The third-order valence-electron chi connectivity index (χ3n) is 4.20. The maximum absolute atomic E-state index is 3.40. The van der Waals surface area contributed by atoms with Crippen molar-refractivity contribution in [1.29, 1.82) is 0 Å². The van der Waals surface area contributed by atoms with Crippen LogP contribution in [0.1, 0.15) is 37.2 Å². The van der Waals surface area contributed by atoms with Crippen LogP contribution in [-0.2, 0) is 0 Å². The number of H-pyrrole nitrogens is 1. The van der Waals surface area contributed by atoms with Gasteiger partial charge in [0, 0.05) is 23.1 Å². The zero-order chi connectivity index (χ0) is 11.7. The molecule has 1 aliphatic carbocycles. The molecule has 1 aromatic carbocycles. The standard InChI is InChI=1S/C15H20N2/c1-16-12-8-6-11(7-9-12)14-10-17-15-5-3-2-4-13(14)15/h2-5,10-12,16-17H,6-9H2,1H3. The third-order valence-corrected chi connectivity index (χ3v) is 4.20. The van der Waals surface area contributed by atoms with E-state index in [0.717, 1.165) is 12.0 Å². The maximum atomic E-state index is 3.40. The van der Waals surface area contributed by atoms with E-state index in [1.54, 1.807) is 0 Å². The Kier molecular flexibility index (Phi) is 2.89. The molecule has 17 heavy (non-hydrogen) atoms. The number of nitrogens with one attached hydrogen (secondary N) is 2. The number of hydrogen-bond acceptors (Lipinski definition) is 1. The quantitative estimate of drug-likeness (QED) is 0.810. The highest BCUT2D eigenvalue weighted by atomic mass is 14.9.